The number of likely N-dealkylation sites (tertiary alicyclic amines) is 1. The van der Waals surface area contributed by atoms with E-state index in [1.165, 1.54) is 12.8 Å². The van der Waals surface area contributed by atoms with E-state index in [1.807, 2.05) is 4.90 Å². The van der Waals surface area contributed by atoms with Crippen LogP contribution in [0.25, 0.3) is 0 Å². The Kier molecular flexibility index (Phi) is 3.85. The minimum Gasteiger partial charge on any atom is -0.393 e. The normalized spacial score (nSPS) is 32.8. The summed E-state index contributed by atoms with van der Waals surface area (Å²) >= 11 is 0. The first-order valence-electron chi connectivity index (χ1n) is 6.63. The molecule has 2 rings (SSSR count). The molecule has 2 fully saturated rings. The molecule has 1 saturated carbocycles. The van der Waals surface area contributed by atoms with Crippen LogP contribution in [-0.2, 0) is 4.79 Å². The van der Waals surface area contributed by atoms with Crippen LogP contribution in [0.15, 0.2) is 0 Å². The molecule has 0 aromatic rings. The zero-order chi connectivity index (χ0) is 11.5. The second-order valence-electron chi connectivity index (χ2n) is 5.53. The number of nitrogens with zero attached hydrogens (tertiary/aromatic N) is 1. The van der Waals surface area contributed by atoms with E-state index in [0.29, 0.717) is 11.8 Å². The SMILES string of the molecule is CC1CCCC(C(=O)N2CCC(O)CC2)C1. The van der Waals surface area contributed by atoms with Gasteiger partial charge in [-0.2, -0.15) is 0 Å². The van der Waals surface area contributed by atoms with Crippen LogP contribution in [0.1, 0.15) is 45.4 Å². The highest BCUT2D eigenvalue weighted by molar-refractivity contribution is 5.79. The van der Waals surface area contributed by atoms with Gasteiger partial charge in [0.1, 0.15) is 0 Å². The number of carbonyl (C=O) groups is 1. The fraction of sp³-hybridized carbons (Fsp3) is 0.923. The van der Waals surface area contributed by atoms with Crippen molar-refractivity contribution in [3.8, 4) is 0 Å². The third-order valence-corrected chi connectivity index (χ3v) is 4.06. The summed E-state index contributed by atoms with van der Waals surface area (Å²) in [5, 5.41) is 9.42. The van der Waals surface area contributed by atoms with Crippen LogP contribution < -0.4 is 0 Å². The minimum atomic E-state index is -0.186. The fourth-order valence-electron chi connectivity index (χ4n) is 3.00. The number of rotatable bonds is 1. The van der Waals surface area contributed by atoms with Gasteiger partial charge in [0.2, 0.25) is 5.91 Å². The fourth-order valence-corrected chi connectivity index (χ4v) is 3.00. The molecule has 0 aromatic heterocycles. The lowest BCUT2D eigenvalue weighted by Crippen LogP contribution is -2.43. The molecular formula is C13H23NO2. The van der Waals surface area contributed by atoms with Gasteiger partial charge in [-0.05, 0) is 31.6 Å². The van der Waals surface area contributed by atoms with E-state index in [9.17, 15) is 9.90 Å². The van der Waals surface area contributed by atoms with E-state index in [0.717, 1.165) is 38.8 Å². The molecule has 16 heavy (non-hydrogen) atoms. The Balaban J connectivity index is 1.86. The molecule has 2 aliphatic rings. The topological polar surface area (TPSA) is 40.5 Å². The Labute approximate surface area is 97.8 Å². The summed E-state index contributed by atoms with van der Waals surface area (Å²) in [7, 11) is 0. The lowest BCUT2D eigenvalue weighted by atomic mass is 9.81. The maximum absolute atomic E-state index is 12.2. The van der Waals surface area contributed by atoms with E-state index < -0.39 is 0 Å². The van der Waals surface area contributed by atoms with Crippen molar-refractivity contribution < 1.29 is 9.90 Å². The van der Waals surface area contributed by atoms with Crippen LogP contribution in [0, 0.1) is 11.8 Å². The second-order valence-corrected chi connectivity index (χ2v) is 5.53. The first-order valence-corrected chi connectivity index (χ1v) is 6.63. The van der Waals surface area contributed by atoms with Gasteiger partial charge in [-0.25, -0.2) is 0 Å². The lowest BCUT2D eigenvalue weighted by molar-refractivity contribution is -0.139. The Morgan fingerprint density at radius 2 is 1.88 bits per heavy atom. The predicted molar refractivity (Wildman–Crippen MR) is 62.9 cm³/mol. The highest BCUT2D eigenvalue weighted by atomic mass is 16.3. The average molecular weight is 225 g/mol. The summed E-state index contributed by atoms with van der Waals surface area (Å²) in [6.07, 6.45) is 5.95. The molecule has 1 heterocycles. The van der Waals surface area contributed by atoms with Crippen molar-refractivity contribution in [2.45, 2.75) is 51.6 Å². The molecule has 92 valence electrons. The molecule has 1 saturated heterocycles. The molecule has 2 unspecified atom stereocenters. The Hall–Kier alpha value is -0.570. The first-order chi connectivity index (χ1) is 7.66. The van der Waals surface area contributed by atoms with E-state index in [-0.39, 0.29) is 12.0 Å². The van der Waals surface area contributed by atoms with Gasteiger partial charge < -0.3 is 10.0 Å². The van der Waals surface area contributed by atoms with Crippen molar-refractivity contribution in [1.82, 2.24) is 4.90 Å². The van der Waals surface area contributed by atoms with Gasteiger partial charge in [-0.3, -0.25) is 4.79 Å². The number of aliphatic hydroxyl groups excluding tert-OH is 1. The molecule has 3 heteroatoms. The van der Waals surface area contributed by atoms with Crippen LogP contribution in [0.2, 0.25) is 0 Å². The highest BCUT2D eigenvalue weighted by Crippen LogP contribution is 2.30. The lowest BCUT2D eigenvalue weighted by Gasteiger charge is -2.34. The number of hydrogen-bond donors (Lipinski definition) is 1. The van der Waals surface area contributed by atoms with Crippen LogP contribution >= 0.6 is 0 Å². The van der Waals surface area contributed by atoms with Crippen molar-refractivity contribution in [2.24, 2.45) is 11.8 Å². The molecule has 0 aromatic carbocycles. The minimum absolute atomic E-state index is 0.186. The number of hydrogen-bond acceptors (Lipinski definition) is 2. The number of aliphatic hydroxyl groups is 1. The quantitative estimate of drug-likeness (QED) is 0.739. The first kappa shape index (κ1) is 11.9. The van der Waals surface area contributed by atoms with Gasteiger partial charge in [0.25, 0.3) is 0 Å². The summed E-state index contributed by atoms with van der Waals surface area (Å²) in [6, 6.07) is 0. The molecule has 2 atom stereocenters. The number of amides is 1. The average Bonchev–Trinajstić information content (AvgIpc) is 2.29. The Morgan fingerprint density at radius 3 is 2.50 bits per heavy atom. The number of piperidine rings is 1. The summed E-state index contributed by atoms with van der Waals surface area (Å²) < 4.78 is 0. The highest BCUT2D eigenvalue weighted by Gasteiger charge is 2.30. The van der Waals surface area contributed by atoms with Gasteiger partial charge in [0.05, 0.1) is 6.10 Å². The summed E-state index contributed by atoms with van der Waals surface area (Å²) in [6.45, 7) is 3.76. The Morgan fingerprint density at radius 1 is 1.19 bits per heavy atom. The molecule has 0 spiro atoms. The molecule has 1 N–H and O–H groups in total. The van der Waals surface area contributed by atoms with E-state index in [4.69, 9.17) is 0 Å². The predicted octanol–water partition coefficient (Wildman–Crippen LogP) is 1.80. The zero-order valence-corrected chi connectivity index (χ0v) is 10.2. The van der Waals surface area contributed by atoms with Gasteiger partial charge in [0.15, 0.2) is 0 Å². The largest absolute Gasteiger partial charge is 0.393 e. The van der Waals surface area contributed by atoms with Crippen molar-refractivity contribution in [2.75, 3.05) is 13.1 Å². The molecule has 0 bridgehead atoms. The Bertz CT molecular complexity index is 246. The monoisotopic (exact) mass is 225 g/mol. The second kappa shape index (κ2) is 5.17. The standard InChI is InChI=1S/C13H23NO2/c1-10-3-2-4-11(9-10)13(16)14-7-5-12(15)6-8-14/h10-12,15H,2-9H2,1H3. The van der Waals surface area contributed by atoms with Crippen molar-refractivity contribution in [3.63, 3.8) is 0 Å². The molecular weight excluding hydrogens is 202 g/mol. The summed E-state index contributed by atoms with van der Waals surface area (Å²) in [5.74, 6) is 1.32. The number of carbonyl (C=O) groups excluding carboxylic acids is 1. The van der Waals surface area contributed by atoms with Gasteiger partial charge in [-0.1, -0.05) is 19.8 Å². The van der Waals surface area contributed by atoms with Crippen LogP contribution in [-0.4, -0.2) is 35.1 Å². The van der Waals surface area contributed by atoms with Gasteiger partial charge >= 0.3 is 0 Å². The van der Waals surface area contributed by atoms with E-state index >= 15 is 0 Å². The summed E-state index contributed by atoms with van der Waals surface area (Å²) in [5.41, 5.74) is 0. The third-order valence-electron chi connectivity index (χ3n) is 4.06. The van der Waals surface area contributed by atoms with Crippen molar-refractivity contribution in [3.05, 3.63) is 0 Å². The summed E-state index contributed by atoms with van der Waals surface area (Å²) in [4.78, 5) is 14.2. The van der Waals surface area contributed by atoms with Gasteiger partial charge in [0, 0.05) is 19.0 Å². The molecule has 1 aliphatic heterocycles. The van der Waals surface area contributed by atoms with Crippen LogP contribution in [0.3, 0.4) is 0 Å². The third kappa shape index (κ3) is 2.76. The molecule has 0 radical (unpaired) electrons. The van der Waals surface area contributed by atoms with E-state index in [1.54, 1.807) is 0 Å². The van der Waals surface area contributed by atoms with Crippen molar-refractivity contribution >= 4 is 5.91 Å². The maximum atomic E-state index is 12.2. The molecule has 1 aliphatic carbocycles. The zero-order valence-electron chi connectivity index (χ0n) is 10.2. The van der Waals surface area contributed by atoms with Crippen LogP contribution in [0.4, 0.5) is 0 Å². The smallest absolute Gasteiger partial charge is 0.225 e. The molecule has 1 amide bonds. The van der Waals surface area contributed by atoms with Crippen LogP contribution in [0.5, 0.6) is 0 Å². The maximum Gasteiger partial charge on any atom is 0.225 e. The van der Waals surface area contributed by atoms with Crippen molar-refractivity contribution in [1.29, 1.82) is 0 Å². The van der Waals surface area contributed by atoms with E-state index in [2.05, 4.69) is 6.92 Å². The molecule has 3 nitrogen and oxygen atoms in total. The van der Waals surface area contributed by atoms with Gasteiger partial charge in [-0.15, -0.1) is 0 Å².